The Morgan fingerprint density at radius 1 is 1.00 bits per heavy atom. The van der Waals surface area contributed by atoms with E-state index in [2.05, 4.69) is 0 Å². The molecule has 0 aliphatic heterocycles. The van der Waals surface area contributed by atoms with E-state index in [1.165, 1.54) is 25.1 Å². The molecule has 0 aromatic heterocycles. The highest BCUT2D eigenvalue weighted by molar-refractivity contribution is 5.30. The van der Waals surface area contributed by atoms with Crippen LogP contribution in [0.5, 0.6) is 0 Å². The standard InChI is InChI=1S/C7H4N4/c1-6(2-8)7(3-9,4-10)5-11/h6H,1H3. The van der Waals surface area contributed by atoms with Gasteiger partial charge in [0.15, 0.2) is 0 Å². The summed E-state index contributed by atoms with van der Waals surface area (Å²) in [7, 11) is 0. The highest BCUT2D eigenvalue weighted by Crippen LogP contribution is 2.23. The van der Waals surface area contributed by atoms with Gasteiger partial charge in [-0.25, -0.2) is 0 Å². The molecule has 0 aliphatic rings. The molecule has 1 unspecified atom stereocenters. The summed E-state index contributed by atoms with van der Waals surface area (Å²) in [5, 5.41) is 33.7. The van der Waals surface area contributed by atoms with E-state index in [0.29, 0.717) is 0 Å². The molecule has 0 amide bonds. The summed E-state index contributed by atoms with van der Waals surface area (Å²) >= 11 is 0. The van der Waals surface area contributed by atoms with Crippen molar-refractivity contribution < 1.29 is 0 Å². The van der Waals surface area contributed by atoms with Crippen LogP contribution < -0.4 is 0 Å². The van der Waals surface area contributed by atoms with Gasteiger partial charge in [0.1, 0.15) is 18.2 Å². The third-order valence-electron chi connectivity index (χ3n) is 1.37. The monoisotopic (exact) mass is 144 g/mol. The van der Waals surface area contributed by atoms with Crippen LogP contribution >= 0.6 is 0 Å². The van der Waals surface area contributed by atoms with Crippen LogP contribution in [-0.2, 0) is 0 Å². The fraction of sp³-hybridized carbons (Fsp3) is 0.429. The van der Waals surface area contributed by atoms with E-state index in [4.69, 9.17) is 21.0 Å². The lowest BCUT2D eigenvalue weighted by Gasteiger charge is -2.09. The number of hydrogen-bond donors (Lipinski definition) is 0. The molecule has 0 saturated heterocycles. The number of hydrogen-bond acceptors (Lipinski definition) is 4. The largest absolute Gasteiger partial charge is 0.243 e. The maximum atomic E-state index is 8.43. The maximum absolute atomic E-state index is 8.43. The average Bonchev–Trinajstić information content (AvgIpc) is 2.08. The molecule has 11 heavy (non-hydrogen) atoms. The molecule has 0 aromatic carbocycles. The molecule has 0 bridgehead atoms. The molecule has 0 fully saturated rings. The Hall–Kier alpha value is -2.04. The fourth-order valence-electron chi connectivity index (χ4n) is 0.462. The topological polar surface area (TPSA) is 95.2 Å². The van der Waals surface area contributed by atoms with Gasteiger partial charge in [-0.15, -0.1) is 0 Å². The van der Waals surface area contributed by atoms with Crippen LogP contribution in [0.4, 0.5) is 0 Å². The predicted octanol–water partition coefficient (Wildman–Crippen LogP) is 0.703. The van der Waals surface area contributed by atoms with Gasteiger partial charge in [-0.3, -0.25) is 0 Å². The Labute approximate surface area is 64.5 Å². The van der Waals surface area contributed by atoms with Crippen LogP contribution in [0.1, 0.15) is 6.92 Å². The van der Waals surface area contributed by atoms with Crippen molar-refractivity contribution in [3.05, 3.63) is 0 Å². The van der Waals surface area contributed by atoms with Gasteiger partial charge >= 0.3 is 0 Å². The molecule has 0 rings (SSSR count). The molecule has 0 aliphatic carbocycles. The van der Waals surface area contributed by atoms with Crippen molar-refractivity contribution in [2.45, 2.75) is 6.92 Å². The first kappa shape index (κ1) is 8.96. The molecule has 0 N–H and O–H groups in total. The van der Waals surface area contributed by atoms with Crippen molar-refractivity contribution in [1.29, 1.82) is 21.0 Å². The third-order valence-corrected chi connectivity index (χ3v) is 1.37. The van der Waals surface area contributed by atoms with Crippen LogP contribution in [0, 0.1) is 56.7 Å². The van der Waals surface area contributed by atoms with Gasteiger partial charge in [0.25, 0.3) is 0 Å². The Kier molecular flexibility index (Phi) is 2.61. The van der Waals surface area contributed by atoms with E-state index >= 15 is 0 Å². The molecule has 0 saturated carbocycles. The zero-order valence-corrected chi connectivity index (χ0v) is 5.87. The highest BCUT2D eigenvalue weighted by atomic mass is 14.5. The normalized spacial score (nSPS) is 11.4. The van der Waals surface area contributed by atoms with Crippen LogP contribution in [0.2, 0.25) is 0 Å². The molecular formula is C7H4N4. The molecule has 0 spiro atoms. The van der Waals surface area contributed by atoms with Crippen molar-refractivity contribution in [2.24, 2.45) is 11.3 Å². The number of nitrogens with zero attached hydrogens (tertiary/aromatic N) is 4. The minimum Gasteiger partial charge on any atom is -0.198 e. The summed E-state index contributed by atoms with van der Waals surface area (Å²) in [6.45, 7) is 1.37. The Morgan fingerprint density at radius 2 is 1.36 bits per heavy atom. The summed E-state index contributed by atoms with van der Waals surface area (Å²) in [6, 6.07) is 6.25. The second-order valence-corrected chi connectivity index (χ2v) is 1.99. The summed E-state index contributed by atoms with van der Waals surface area (Å²) in [6.07, 6.45) is 0. The second kappa shape index (κ2) is 3.21. The SMILES string of the molecule is CC(C#N)C(C#N)(C#N)C#N. The molecule has 1 atom stereocenters. The van der Waals surface area contributed by atoms with Crippen LogP contribution in [0.15, 0.2) is 0 Å². The lowest BCUT2D eigenvalue weighted by molar-refractivity contribution is 0.529. The molecule has 0 radical (unpaired) electrons. The van der Waals surface area contributed by atoms with Gasteiger partial charge in [-0.05, 0) is 6.92 Å². The smallest absolute Gasteiger partial charge is 0.198 e. The van der Waals surface area contributed by atoms with E-state index in [9.17, 15) is 0 Å². The minimum absolute atomic E-state index is 0.887. The fourth-order valence-corrected chi connectivity index (χ4v) is 0.462. The van der Waals surface area contributed by atoms with Crippen molar-refractivity contribution in [1.82, 2.24) is 0 Å². The predicted molar refractivity (Wildman–Crippen MR) is 34.0 cm³/mol. The highest BCUT2D eigenvalue weighted by Gasteiger charge is 2.37. The van der Waals surface area contributed by atoms with E-state index in [0.717, 1.165) is 0 Å². The van der Waals surface area contributed by atoms with Gasteiger partial charge in [0.05, 0.1) is 12.0 Å². The summed E-state index contributed by atoms with van der Waals surface area (Å²) in [5.74, 6) is -0.887. The van der Waals surface area contributed by atoms with Gasteiger partial charge in [-0.1, -0.05) is 0 Å². The zero-order chi connectivity index (χ0) is 8.91. The van der Waals surface area contributed by atoms with Gasteiger partial charge in [-0.2, -0.15) is 21.0 Å². The van der Waals surface area contributed by atoms with Crippen molar-refractivity contribution in [3.8, 4) is 24.3 Å². The summed E-state index contributed by atoms with van der Waals surface area (Å²) < 4.78 is 0. The maximum Gasteiger partial charge on any atom is 0.243 e. The second-order valence-electron chi connectivity index (χ2n) is 1.99. The summed E-state index contributed by atoms with van der Waals surface area (Å²) in [4.78, 5) is 0. The molecule has 4 heteroatoms. The zero-order valence-electron chi connectivity index (χ0n) is 5.87. The van der Waals surface area contributed by atoms with Crippen molar-refractivity contribution in [3.63, 3.8) is 0 Å². The van der Waals surface area contributed by atoms with E-state index < -0.39 is 11.3 Å². The number of rotatable bonds is 1. The average molecular weight is 144 g/mol. The molecule has 0 aromatic rings. The molecular weight excluding hydrogens is 140 g/mol. The molecule has 0 heterocycles. The van der Waals surface area contributed by atoms with Gasteiger partial charge in [0, 0.05) is 0 Å². The first-order valence-electron chi connectivity index (χ1n) is 2.80. The van der Waals surface area contributed by atoms with Crippen molar-refractivity contribution >= 4 is 0 Å². The van der Waals surface area contributed by atoms with Crippen LogP contribution in [0.3, 0.4) is 0 Å². The Bertz CT molecular complexity index is 267. The number of nitriles is 4. The lowest BCUT2D eigenvalue weighted by Crippen LogP contribution is -2.21. The Morgan fingerprint density at radius 3 is 1.45 bits per heavy atom. The van der Waals surface area contributed by atoms with Crippen molar-refractivity contribution in [2.75, 3.05) is 0 Å². The van der Waals surface area contributed by atoms with E-state index in [-0.39, 0.29) is 0 Å². The lowest BCUT2D eigenvalue weighted by atomic mass is 9.81. The van der Waals surface area contributed by atoms with Crippen LogP contribution in [-0.4, -0.2) is 0 Å². The van der Waals surface area contributed by atoms with E-state index in [1.807, 2.05) is 0 Å². The Balaban J connectivity index is 5.01. The molecule has 52 valence electrons. The van der Waals surface area contributed by atoms with Gasteiger partial charge in [0.2, 0.25) is 5.41 Å². The summed E-state index contributed by atoms with van der Waals surface area (Å²) in [5.41, 5.74) is -1.81. The van der Waals surface area contributed by atoms with Gasteiger partial charge < -0.3 is 0 Å². The minimum atomic E-state index is -1.81. The quantitative estimate of drug-likeness (QED) is 0.541. The molecule has 4 nitrogen and oxygen atoms in total. The van der Waals surface area contributed by atoms with Crippen LogP contribution in [0.25, 0.3) is 0 Å². The first-order valence-corrected chi connectivity index (χ1v) is 2.80. The van der Waals surface area contributed by atoms with E-state index in [1.54, 1.807) is 6.07 Å². The third kappa shape index (κ3) is 1.26. The first-order chi connectivity index (χ1) is 5.16.